The minimum atomic E-state index is 1.09. The molecule has 0 aliphatic heterocycles. The van der Waals surface area contributed by atoms with E-state index in [4.69, 9.17) is 0 Å². The first kappa shape index (κ1) is 21.4. The predicted octanol–water partition coefficient (Wildman–Crippen LogP) is 10.7. The van der Waals surface area contributed by atoms with Crippen molar-refractivity contribution in [2.45, 2.75) is 6.92 Å². The maximum Gasteiger partial charge on any atom is 0.0181 e. The van der Waals surface area contributed by atoms with E-state index in [-0.39, 0.29) is 0 Å². The van der Waals surface area contributed by atoms with E-state index in [1.165, 1.54) is 70.9 Å². The summed E-state index contributed by atoms with van der Waals surface area (Å²) in [6.07, 6.45) is 0. The fraction of sp³-hybridized carbons (Fsp3) is 0.0286. The molecule has 0 amide bonds. The van der Waals surface area contributed by atoms with Gasteiger partial charge >= 0.3 is 0 Å². The first-order valence-corrected chi connectivity index (χ1v) is 13.1. The van der Waals surface area contributed by atoms with Crippen LogP contribution in [0.4, 0.5) is 0 Å². The van der Waals surface area contributed by atoms with Crippen LogP contribution in [0.5, 0.6) is 0 Å². The smallest absolute Gasteiger partial charge is 0.0181 e. The van der Waals surface area contributed by atoms with Crippen LogP contribution in [-0.2, 0) is 0 Å². The van der Waals surface area contributed by atoms with Gasteiger partial charge in [0, 0.05) is 4.47 Å². The van der Waals surface area contributed by atoms with Crippen molar-refractivity contribution in [3.05, 3.63) is 131 Å². The summed E-state index contributed by atoms with van der Waals surface area (Å²) in [5.41, 5.74) is 6.35. The Kier molecular flexibility index (Phi) is 4.94. The minimum absolute atomic E-state index is 1.09. The SMILES string of the molecule is Cc1ccc2c(-c3ccc4ccccc4c3)c3cc(Br)ccc3c(-c3ccc4ccccc4c3)c2c1. The second kappa shape index (κ2) is 8.33. The Hall–Kier alpha value is -3.94. The minimum Gasteiger partial charge on any atom is -0.0616 e. The van der Waals surface area contributed by atoms with E-state index >= 15 is 0 Å². The van der Waals surface area contributed by atoms with E-state index in [1.54, 1.807) is 0 Å². The largest absolute Gasteiger partial charge is 0.0616 e. The predicted molar refractivity (Wildman–Crippen MR) is 160 cm³/mol. The first-order valence-electron chi connectivity index (χ1n) is 12.3. The molecule has 36 heavy (non-hydrogen) atoms. The number of benzene rings is 7. The fourth-order valence-electron chi connectivity index (χ4n) is 5.63. The van der Waals surface area contributed by atoms with Crippen molar-refractivity contribution in [2.75, 3.05) is 0 Å². The van der Waals surface area contributed by atoms with Gasteiger partial charge in [-0.1, -0.05) is 119 Å². The van der Waals surface area contributed by atoms with Gasteiger partial charge in [0.2, 0.25) is 0 Å². The number of fused-ring (bicyclic) bond motifs is 4. The summed E-state index contributed by atoms with van der Waals surface area (Å²) in [5, 5.41) is 10.2. The Labute approximate surface area is 219 Å². The molecule has 0 aliphatic carbocycles. The van der Waals surface area contributed by atoms with Crippen molar-refractivity contribution in [1.29, 1.82) is 0 Å². The Bertz CT molecular complexity index is 1820. The van der Waals surface area contributed by atoms with Gasteiger partial charge in [-0.3, -0.25) is 0 Å². The van der Waals surface area contributed by atoms with Gasteiger partial charge in [0.05, 0.1) is 0 Å². The summed E-state index contributed by atoms with van der Waals surface area (Å²) in [5.74, 6) is 0. The van der Waals surface area contributed by atoms with Crippen molar-refractivity contribution >= 4 is 59.0 Å². The molecule has 1 heteroatoms. The molecule has 7 aromatic carbocycles. The van der Waals surface area contributed by atoms with Crippen molar-refractivity contribution in [3.63, 3.8) is 0 Å². The van der Waals surface area contributed by atoms with Crippen LogP contribution < -0.4 is 0 Å². The molecule has 0 bridgehead atoms. The highest BCUT2D eigenvalue weighted by molar-refractivity contribution is 9.10. The van der Waals surface area contributed by atoms with Gasteiger partial charge < -0.3 is 0 Å². The zero-order chi connectivity index (χ0) is 24.2. The molecule has 0 aromatic heterocycles. The molecule has 0 saturated heterocycles. The van der Waals surface area contributed by atoms with Crippen LogP contribution in [0.3, 0.4) is 0 Å². The van der Waals surface area contributed by atoms with Crippen LogP contribution in [0.15, 0.2) is 126 Å². The molecule has 0 saturated carbocycles. The second-order valence-electron chi connectivity index (χ2n) is 9.61. The Morgan fingerprint density at radius 2 is 0.917 bits per heavy atom. The number of halogens is 1. The van der Waals surface area contributed by atoms with E-state index in [2.05, 4.69) is 144 Å². The Balaban J connectivity index is 1.64. The monoisotopic (exact) mass is 522 g/mol. The molecule has 0 unspecified atom stereocenters. The van der Waals surface area contributed by atoms with Crippen LogP contribution in [0.1, 0.15) is 5.56 Å². The third-order valence-electron chi connectivity index (χ3n) is 7.31. The lowest BCUT2D eigenvalue weighted by molar-refractivity contribution is 1.51. The highest BCUT2D eigenvalue weighted by atomic mass is 79.9. The van der Waals surface area contributed by atoms with Crippen LogP contribution in [0.25, 0.3) is 65.3 Å². The number of hydrogen-bond donors (Lipinski definition) is 0. The zero-order valence-corrected chi connectivity index (χ0v) is 21.5. The highest BCUT2D eigenvalue weighted by Crippen LogP contribution is 2.45. The zero-order valence-electron chi connectivity index (χ0n) is 19.9. The van der Waals surface area contributed by atoms with Gasteiger partial charge in [-0.15, -0.1) is 0 Å². The average Bonchev–Trinajstić information content (AvgIpc) is 2.91. The van der Waals surface area contributed by atoms with Crippen LogP contribution in [0.2, 0.25) is 0 Å². The van der Waals surface area contributed by atoms with E-state index < -0.39 is 0 Å². The van der Waals surface area contributed by atoms with Crippen LogP contribution >= 0.6 is 15.9 Å². The maximum absolute atomic E-state index is 3.77. The number of hydrogen-bond acceptors (Lipinski definition) is 0. The normalized spacial score (nSPS) is 11.6. The lowest BCUT2D eigenvalue weighted by atomic mass is 9.84. The molecule has 0 radical (unpaired) electrons. The van der Waals surface area contributed by atoms with E-state index in [9.17, 15) is 0 Å². The van der Waals surface area contributed by atoms with Gasteiger partial charge in [-0.25, -0.2) is 0 Å². The van der Waals surface area contributed by atoms with Gasteiger partial charge in [-0.05, 0) is 96.5 Å². The lowest BCUT2D eigenvalue weighted by Crippen LogP contribution is -1.92. The quantitative estimate of drug-likeness (QED) is 0.198. The average molecular weight is 523 g/mol. The maximum atomic E-state index is 3.77. The summed E-state index contributed by atoms with van der Waals surface area (Å²) in [7, 11) is 0. The second-order valence-corrected chi connectivity index (χ2v) is 10.5. The van der Waals surface area contributed by atoms with Gasteiger partial charge in [-0.2, -0.15) is 0 Å². The van der Waals surface area contributed by atoms with E-state index in [0.29, 0.717) is 0 Å². The molecule has 7 aromatic rings. The summed E-state index contributed by atoms with van der Waals surface area (Å²) in [6, 6.07) is 44.5. The number of aryl methyl sites for hydroxylation is 1. The molecule has 0 nitrogen and oxygen atoms in total. The Morgan fingerprint density at radius 1 is 0.417 bits per heavy atom. The first-order chi connectivity index (χ1) is 17.7. The molecule has 0 heterocycles. The van der Waals surface area contributed by atoms with E-state index in [0.717, 1.165) is 4.47 Å². The van der Waals surface area contributed by atoms with Gasteiger partial charge in [0.15, 0.2) is 0 Å². The third-order valence-corrected chi connectivity index (χ3v) is 7.80. The number of rotatable bonds is 2. The van der Waals surface area contributed by atoms with Crippen LogP contribution in [0, 0.1) is 6.92 Å². The van der Waals surface area contributed by atoms with Crippen molar-refractivity contribution in [3.8, 4) is 22.3 Å². The molecular weight excluding hydrogens is 500 g/mol. The van der Waals surface area contributed by atoms with Crippen molar-refractivity contribution in [1.82, 2.24) is 0 Å². The van der Waals surface area contributed by atoms with Crippen molar-refractivity contribution in [2.24, 2.45) is 0 Å². The fourth-order valence-corrected chi connectivity index (χ4v) is 5.99. The molecule has 0 atom stereocenters. The van der Waals surface area contributed by atoms with Gasteiger partial charge in [0.25, 0.3) is 0 Å². The Morgan fingerprint density at radius 3 is 1.50 bits per heavy atom. The summed E-state index contributed by atoms with van der Waals surface area (Å²) in [6.45, 7) is 2.19. The molecule has 0 fully saturated rings. The molecular formula is C35H23Br. The lowest BCUT2D eigenvalue weighted by Gasteiger charge is -2.19. The van der Waals surface area contributed by atoms with E-state index in [1.807, 2.05) is 0 Å². The van der Waals surface area contributed by atoms with Gasteiger partial charge in [0.1, 0.15) is 0 Å². The molecule has 0 spiro atoms. The molecule has 0 N–H and O–H groups in total. The molecule has 7 rings (SSSR count). The van der Waals surface area contributed by atoms with Crippen molar-refractivity contribution < 1.29 is 0 Å². The summed E-state index contributed by atoms with van der Waals surface area (Å²) < 4.78 is 1.09. The summed E-state index contributed by atoms with van der Waals surface area (Å²) >= 11 is 3.77. The third kappa shape index (κ3) is 3.43. The topological polar surface area (TPSA) is 0 Å². The highest BCUT2D eigenvalue weighted by Gasteiger charge is 2.18. The van der Waals surface area contributed by atoms with Crippen LogP contribution in [-0.4, -0.2) is 0 Å². The standard InChI is InChI=1S/C35H23Br/c1-22-10-16-30-32(18-22)34(27-13-11-23-6-2-4-8-25(23)19-27)31-17-15-29(36)21-33(31)35(30)28-14-12-24-7-3-5-9-26(24)20-28/h2-21H,1H3. The molecule has 0 aliphatic rings. The summed E-state index contributed by atoms with van der Waals surface area (Å²) in [4.78, 5) is 0. The molecule has 170 valence electrons.